The smallest absolute Gasteiger partial charge is 0.259 e. The zero-order valence-corrected chi connectivity index (χ0v) is 14.5. The Morgan fingerprint density at radius 1 is 1.04 bits per heavy atom. The van der Waals surface area contributed by atoms with Gasteiger partial charge in [0.15, 0.2) is 10.9 Å². The van der Waals surface area contributed by atoms with Gasteiger partial charge in [-0.05, 0) is 30.3 Å². The van der Waals surface area contributed by atoms with Crippen LogP contribution in [0, 0.1) is 0 Å². The molecule has 0 saturated heterocycles. The Morgan fingerprint density at radius 3 is 2.67 bits per heavy atom. The molecule has 1 amide bonds. The number of nitrogens with zero attached hydrogens (tertiary/aromatic N) is 4. The molecule has 27 heavy (non-hydrogen) atoms. The molecule has 0 spiro atoms. The van der Waals surface area contributed by atoms with Crippen molar-refractivity contribution in [1.29, 1.82) is 0 Å². The number of nitrogens with one attached hydrogen (secondary N) is 1. The molecule has 0 atom stereocenters. The van der Waals surface area contributed by atoms with E-state index in [9.17, 15) is 9.59 Å². The molecule has 4 aromatic heterocycles. The van der Waals surface area contributed by atoms with E-state index in [4.69, 9.17) is 4.42 Å². The first kappa shape index (κ1) is 16.7. The average Bonchev–Trinajstić information content (AvgIpc) is 3.38. The van der Waals surface area contributed by atoms with Gasteiger partial charge in [-0.1, -0.05) is 17.4 Å². The predicted octanol–water partition coefficient (Wildman–Crippen LogP) is 3.07. The van der Waals surface area contributed by atoms with Crippen LogP contribution in [0.2, 0.25) is 0 Å². The molecule has 4 heterocycles. The number of pyridine rings is 1. The Hall–Kier alpha value is -3.72. The fraction of sp³-hybridized carbons (Fsp3) is 0. The molecule has 4 aromatic rings. The first-order valence-corrected chi connectivity index (χ1v) is 8.62. The summed E-state index contributed by atoms with van der Waals surface area (Å²) in [5.41, 5.74) is 0.964. The lowest BCUT2D eigenvalue weighted by Gasteiger charge is -1.99. The maximum absolute atomic E-state index is 12.9. The molecule has 0 aliphatic heterocycles. The second kappa shape index (κ2) is 7.26. The number of ketones is 1. The topological polar surface area (TPSA) is 111 Å². The number of anilines is 1. The fourth-order valence-electron chi connectivity index (χ4n) is 2.32. The average molecular weight is 377 g/mol. The summed E-state index contributed by atoms with van der Waals surface area (Å²) in [4.78, 5) is 34.0. The minimum Gasteiger partial charge on any atom is -0.463 e. The van der Waals surface area contributed by atoms with Crippen molar-refractivity contribution in [2.24, 2.45) is 0 Å². The SMILES string of the molecule is O=C(Nc1nc(-c2ccco2)c(C(=O)c2ccccn2)s1)c1ccnnc1. The van der Waals surface area contributed by atoms with Gasteiger partial charge >= 0.3 is 0 Å². The number of carbonyl (C=O) groups is 2. The molecule has 0 fully saturated rings. The van der Waals surface area contributed by atoms with Crippen molar-refractivity contribution < 1.29 is 14.0 Å². The van der Waals surface area contributed by atoms with E-state index < -0.39 is 5.91 Å². The zero-order valence-electron chi connectivity index (χ0n) is 13.7. The number of rotatable bonds is 5. The van der Waals surface area contributed by atoms with Gasteiger partial charge in [-0.3, -0.25) is 19.9 Å². The molecule has 0 aliphatic carbocycles. The van der Waals surface area contributed by atoms with Crippen molar-refractivity contribution >= 4 is 28.2 Å². The van der Waals surface area contributed by atoms with E-state index in [0.717, 1.165) is 11.3 Å². The molecular weight excluding hydrogens is 366 g/mol. The highest BCUT2D eigenvalue weighted by Crippen LogP contribution is 2.33. The van der Waals surface area contributed by atoms with Crippen LogP contribution in [0.1, 0.15) is 25.7 Å². The molecule has 0 radical (unpaired) electrons. The standard InChI is InChI=1S/C18H11N5O3S/c24-15(12-4-1-2-7-19-12)16-14(13-5-3-9-26-13)22-18(27-16)23-17(25)11-6-8-20-21-10-11/h1-10H,(H,22,23,25). The third-order valence-corrected chi connectivity index (χ3v) is 4.52. The molecule has 4 rings (SSSR count). The summed E-state index contributed by atoms with van der Waals surface area (Å²) in [7, 11) is 0. The fourth-order valence-corrected chi connectivity index (χ4v) is 3.23. The quantitative estimate of drug-likeness (QED) is 0.532. The molecule has 1 N–H and O–H groups in total. The minimum atomic E-state index is -0.401. The Balaban J connectivity index is 1.70. The van der Waals surface area contributed by atoms with Gasteiger partial charge in [-0.25, -0.2) is 4.98 Å². The minimum absolute atomic E-state index is 0.266. The first-order valence-electron chi connectivity index (χ1n) is 7.81. The Kier molecular flexibility index (Phi) is 4.50. The lowest BCUT2D eigenvalue weighted by Crippen LogP contribution is -2.12. The van der Waals surface area contributed by atoms with E-state index in [0.29, 0.717) is 21.9 Å². The van der Waals surface area contributed by atoms with Crippen molar-refractivity contribution in [2.45, 2.75) is 0 Å². The summed E-state index contributed by atoms with van der Waals surface area (Å²) in [5, 5.41) is 10.2. The third-order valence-electron chi connectivity index (χ3n) is 3.55. The van der Waals surface area contributed by atoms with Crippen molar-refractivity contribution in [1.82, 2.24) is 20.2 Å². The van der Waals surface area contributed by atoms with Gasteiger partial charge in [0.2, 0.25) is 5.78 Å². The molecule has 0 bridgehead atoms. The van der Waals surface area contributed by atoms with Crippen molar-refractivity contribution in [3.8, 4) is 11.5 Å². The van der Waals surface area contributed by atoms with Crippen LogP contribution >= 0.6 is 11.3 Å². The van der Waals surface area contributed by atoms with E-state index in [1.165, 1.54) is 24.7 Å². The van der Waals surface area contributed by atoms with E-state index in [1.807, 2.05) is 0 Å². The molecule has 9 heteroatoms. The highest BCUT2D eigenvalue weighted by molar-refractivity contribution is 7.18. The van der Waals surface area contributed by atoms with Crippen LogP contribution < -0.4 is 5.32 Å². The van der Waals surface area contributed by atoms with Crippen LogP contribution in [-0.2, 0) is 0 Å². The van der Waals surface area contributed by atoms with Gasteiger partial charge in [0.25, 0.3) is 5.91 Å². The van der Waals surface area contributed by atoms with E-state index in [-0.39, 0.29) is 16.6 Å². The summed E-state index contributed by atoms with van der Waals surface area (Å²) < 4.78 is 5.39. The molecule has 0 aliphatic rings. The van der Waals surface area contributed by atoms with E-state index >= 15 is 0 Å². The molecular formula is C18H11N5O3S. The van der Waals surface area contributed by atoms with E-state index in [1.54, 1.807) is 36.5 Å². The summed E-state index contributed by atoms with van der Waals surface area (Å²) in [6.45, 7) is 0. The van der Waals surface area contributed by atoms with Gasteiger partial charge in [0, 0.05) is 6.20 Å². The number of furan rings is 1. The summed E-state index contributed by atoms with van der Waals surface area (Å²) in [6, 6.07) is 10.0. The molecule has 132 valence electrons. The Labute approximate surface area is 156 Å². The largest absolute Gasteiger partial charge is 0.463 e. The molecule has 0 unspecified atom stereocenters. The van der Waals surface area contributed by atoms with Crippen molar-refractivity contribution in [3.63, 3.8) is 0 Å². The number of thiazole rings is 1. The van der Waals surface area contributed by atoms with Crippen molar-refractivity contribution in [2.75, 3.05) is 5.32 Å². The number of carbonyl (C=O) groups excluding carboxylic acids is 2. The highest BCUT2D eigenvalue weighted by Gasteiger charge is 2.24. The second-order valence-electron chi connectivity index (χ2n) is 5.30. The molecule has 0 saturated carbocycles. The van der Waals surface area contributed by atoms with Crippen LogP contribution in [0.5, 0.6) is 0 Å². The Bertz CT molecular complexity index is 1080. The van der Waals surface area contributed by atoms with Crippen molar-refractivity contribution in [3.05, 3.63) is 77.4 Å². The van der Waals surface area contributed by atoms with Crippen LogP contribution in [0.4, 0.5) is 5.13 Å². The number of aromatic nitrogens is 4. The Morgan fingerprint density at radius 2 is 1.96 bits per heavy atom. The highest BCUT2D eigenvalue weighted by atomic mass is 32.1. The predicted molar refractivity (Wildman–Crippen MR) is 97.5 cm³/mol. The molecule has 8 nitrogen and oxygen atoms in total. The third kappa shape index (κ3) is 3.48. The van der Waals surface area contributed by atoms with Gasteiger partial charge in [0.1, 0.15) is 16.3 Å². The molecule has 0 aromatic carbocycles. The summed E-state index contributed by atoms with van der Waals surface area (Å²) in [6.07, 6.45) is 5.79. The maximum Gasteiger partial charge on any atom is 0.259 e. The van der Waals surface area contributed by atoms with E-state index in [2.05, 4.69) is 25.5 Å². The monoisotopic (exact) mass is 377 g/mol. The summed E-state index contributed by atoms with van der Waals surface area (Å²) >= 11 is 1.06. The lowest BCUT2D eigenvalue weighted by molar-refractivity contribution is 0.102. The normalized spacial score (nSPS) is 10.5. The van der Waals surface area contributed by atoms with Crippen LogP contribution in [0.3, 0.4) is 0 Å². The van der Waals surface area contributed by atoms with Gasteiger partial charge in [0.05, 0.1) is 24.2 Å². The maximum atomic E-state index is 12.9. The zero-order chi connectivity index (χ0) is 18.6. The van der Waals surface area contributed by atoms with Gasteiger partial charge < -0.3 is 4.42 Å². The summed E-state index contributed by atoms with van der Waals surface area (Å²) in [5.74, 6) is -0.274. The van der Waals surface area contributed by atoms with Gasteiger partial charge in [-0.2, -0.15) is 10.2 Å². The number of hydrogen-bond donors (Lipinski definition) is 1. The lowest BCUT2D eigenvalue weighted by atomic mass is 10.1. The number of amides is 1. The van der Waals surface area contributed by atoms with Crippen LogP contribution in [-0.4, -0.2) is 31.9 Å². The second-order valence-corrected chi connectivity index (χ2v) is 6.30. The van der Waals surface area contributed by atoms with Crippen LogP contribution in [0.15, 0.2) is 65.7 Å². The van der Waals surface area contributed by atoms with Crippen LogP contribution in [0.25, 0.3) is 11.5 Å². The van der Waals surface area contributed by atoms with Gasteiger partial charge in [-0.15, -0.1) is 0 Å². The number of hydrogen-bond acceptors (Lipinski definition) is 8. The first-order chi connectivity index (χ1) is 13.2.